The smallest absolute Gasteiger partial charge is 0.139 e. The summed E-state index contributed by atoms with van der Waals surface area (Å²) in [6.07, 6.45) is 1.89. The first-order valence-electron chi connectivity index (χ1n) is 6.82. The number of benzene rings is 2. The van der Waals surface area contributed by atoms with Gasteiger partial charge in [-0.2, -0.15) is 0 Å². The van der Waals surface area contributed by atoms with Crippen molar-refractivity contribution in [3.8, 4) is 5.75 Å². The highest BCUT2D eigenvalue weighted by atomic mass is 16.5. The number of fused-ring (bicyclic) bond motifs is 4. The van der Waals surface area contributed by atoms with Gasteiger partial charge in [0.1, 0.15) is 11.4 Å². The molecular formula is C18H14N2O. The molecule has 1 N–H and O–H groups in total. The number of hydrogen-bond acceptors (Lipinski definition) is 2. The molecule has 0 radical (unpaired) electrons. The van der Waals surface area contributed by atoms with Crippen LogP contribution < -0.4 is 4.74 Å². The first kappa shape index (κ1) is 12.0. The van der Waals surface area contributed by atoms with Crippen molar-refractivity contribution < 1.29 is 4.74 Å². The Morgan fingerprint density at radius 3 is 2.81 bits per heavy atom. The van der Waals surface area contributed by atoms with Crippen LogP contribution in [0.5, 0.6) is 5.75 Å². The third kappa shape index (κ3) is 1.64. The summed E-state index contributed by atoms with van der Waals surface area (Å²) < 4.78 is 5.33. The van der Waals surface area contributed by atoms with Gasteiger partial charge in [0.2, 0.25) is 0 Å². The molecule has 0 fully saturated rings. The van der Waals surface area contributed by atoms with E-state index < -0.39 is 0 Å². The Hall–Kier alpha value is -2.81. The fourth-order valence-corrected chi connectivity index (χ4v) is 2.91. The van der Waals surface area contributed by atoms with Crippen LogP contribution in [0, 0.1) is 0 Å². The molecule has 4 aromatic rings. The maximum absolute atomic E-state index is 5.33. The van der Waals surface area contributed by atoms with Crippen molar-refractivity contribution in [3.63, 3.8) is 0 Å². The van der Waals surface area contributed by atoms with Gasteiger partial charge in [-0.05, 0) is 29.8 Å². The largest absolute Gasteiger partial charge is 0.497 e. The number of nitrogens with one attached hydrogen (secondary N) is 1. The second-order valence-corrected chi connectivity index (χ2v) is 5.01. The minimum absolute atomic E-state index is 0.826. The number of hydrogen-bond donors (Lipinski definition) is 1. The van der Waals surface area contributed by atoms with Gasteiger partial charge < -0.3 is 9.72 Å². The minimum atomic E-state index is 0.826. The molecule has 2 aromatic carbocycles. The van der Waals surface area contributed by atoms with E-state index in [-0.39, 0.29) is 0 Å². The zero-order chi connectivity index (χ0) is 14.4. The first-order valence-corrected chi connectivity index (χ1v) is 6.82. The molecule has 0 bridgehead atoms. The normalized spacial score (nSPS) is 11.3. The Morgan fingerprint density at radius 2 is 2.00 bits per heavy atom. The summed E-state index contributed by atoms with van der Waals surface area (Å²) in [4.78, 5) is 8.12. The summed E-state index contributed by atoms with van der Waals surface area (Å²) in [5, 5.41) is 3.34. The second kappa shape index (κ2) is 4.35. The Kier molecular flexibility index (Phi) is 2.48. The predicted molar refractivity (Wildman–Crippen MR) is 87.7 cm³/mol. The van der Waals surface area contributed by atoms with Crippen molar-refractivity contribution in [3.05, 3.63) is 54.6 Å². The van der Waals surface area contributed by atoms with Gasteiger partial charge in [0.05, 0.1) is 12.6 Å². The van der Waals surface area contributed by atoms with Gasteiger partial charge in [-0.15, -0.1) is 0 Å². The number of nitrogens with zero attached hydrogens (tertiary/aromatic N) is 1. The molecule has 0 atom stereocenters. The standard InChI is InChI=1S/C18H14N2O/c1-3-12-14-10-11(21-2)8-9-16(14)20-18-17(12)13-6-4-5-7-15(13)19-18/h3-10H,1H2,2H3,(H,19,20). The number of rotatable bonds is 2. The highest BCUT2D eigenvalue weighted by Gasteiger charge is 2.12. The number of H-pyrrole nitrogens is 1. The summed E-state index contributed by atoms with van der Waals surface area (Å²) in [5.74, 6) is 0.826. The van der Waals surface area contributed by atoms with Gasteiger partial charge >= 0.3 is 0 Å². The number of aromatic nitrogens is 2. The van der Waals surface area contributed by atoms with Gasteiger partial charge in [0.25, 0.3) is 0 Å². The highest BCUT2D eigenvalue weighted by Crippen LogP contribution is 2.34. The van der Waals surface area contributed by atoms with Crippen molar-refractivity contribution in [1.82, 2.24) is 9.97 Å². The summed E-state index contributed by atoms with van der Waals surface area (Å²) in [6.45, 7) is 3.99. The van der Waals surface area contributed by atoms with Crippen LogP contribution in [0.15, 0.2) is 49.0 Å². The molecule has 0 saturated carbocycles. The van der Waals surface area contributed by atoms with Crippen molar-refractivity contribution in [1.29, 1.82) is 0 Å². The van der Waals surface area contributed by atoms with Crippen LogP contribution in [0.4, 0.5) is 0 Å². The predicted octanol–water partition coefficient (Wildman–Crippen LogP) is 4.52. The van der Waals surface area contributed by atoms with Crippen LogP contribution in [0.2, 0.25) is 0 Å². The summed E-state index contributed by atoms with van der Waals surface area (Å²) >= 11 is 0. The van der Waals surface area contributed by atoms with Crippen LogP contribution in [0.1, 0.15) is 5.56 Å². The molecule has 2 aromatic heterocycles. The Balaban J connectivity index is 2.26. The van der Waals surface area contributed by atoms with Gasteiger partial charge in [-0.25, -0.2) is 4.98 Å². The molecule has 0 unspecified atom stereocenters. The average molecular weight is 274 g/mol. The van der Waals surface area contributed by atoms with Crippen molar-refractivity contribution in [2.75, 3.05) is 7.11 Å². The molecule has 0 saturated heterocycles. The molecular weight excluding hydrogens is 260 g/mol. The Bertz CT molecular complexity index is 998. The topological polar surface area (TPSA) is 37.9 Å². The van der Waals surface area contributed by atoms with Crippen molar-refractivity contribution in [2.45, 2.75) is 0 Å². The number of pyridine rings is 1. The number of methoxy groups -OCH3 is 1. The second-order valence-electron chi connectivity index (χ2n) is 5.01. The number of para-hydroxylation sites is 1. The molecule has 0 aliphatic rings. The average Bonchev–Trinajstić information content (AvgIpc) is 2.90. The first-order chi connectivity index (χ1) is 10.3. The quantitative estimate of drug-likeness (QED) is 0.583. The lowest BCUT2D eigenvalue weighted by Gasteiger charge is -2.07. The van der Waals surface area contributed by atoms with E-state index in [9.17, 15) is 0 Å². The van der Waals surface area contributed by atoms with E-state index in [1.807, 2.05) is 36.4 Å². The lowest BCUT2D eigenvalue weighted by Crippen LogP contribution is -1.88. The van der Waals surface area contributed by atoms with E-state index in [1.165, 1.54) is 5.39 Å². The lowest BCUT2D eigenvalue weighted by molar-refractivity contribution is 0.415. The molecule has 0 amide bonds. The van der Waals surface area contributed by atoms with E-state index in [2.05, 4.69) is 23.7 Å². The number of aromatic amines is 1. The third-order valence-electron chi connectivity index (χ3n) is 3.89. The molecule has 0 aliphatic heterocycles. The van der Waals surface area contributed by atoms with E-state index >= 15 is 0 Å². The highest BCUT2D eigenvalue weighted by molar-refractivity contribution is 6.15. The molecule has 3 nitrogen and oxygen atoms in total. The Morgan fingerprint density at radius 1 is 1.14 bits per heavy atom. The van der Waals surface area contributed by atoms with Crippen molar-refractivity contribution in [2.24, 2.45) is 0 Å². The van der Waals surface area contributed by atoms with Crippen LogP contribution in [-0.2, 0) is 0 Å². The fourth-order valence-electron chi connectivity index (χ4n) is 2.91. The molecule has 0 spiro atoms. The van der Waals surface area contributed by atoms with Crippen LogP contribution in [-0.4, -0.2) is 17.1 Å². The zero-order valence-corrected chi connectivity index (χ0v) is 11.7. The molecule has 21 heavy (non-hydrogen) atoms. The van der Waals surface area contributed by atoms with Crippen molar-refractivity contribution >= 4 is 38.9 Å². The summed E-state index contributed by atoms with van der Waals surface area (Å²) in [6, 6.07) is 14.2. The van der Waals surface area contributed by atoms with E-state index in [4.69, 9.17) is 9.72 Å². The third-order valence-corrected chi connectivity index (χ3v) is 3.89. The monoisotopic (exact) mass is 274 g/mol. The van der Waals surface area contributed by atoms with Gasteiger partial charge in [0.15, 0.2) is 0 Å². The molecule has 3 heteroatoms. The van der Waals surface area contributed by atoms with Gasteiger partial charge in [-0.1, -0.05) is 30.9 Å². The van der Waals surface area contributed by atoms with E-state index in [1.54, 1.807) is 7.11 Å². The van der Waals surface area contributed by atoms with Gasteiger partial charge in [-0.3, -0.25) is 0 Å². The number of ether oxygens (including phenoxy) is 1. The zero-order valence-electron chi connectivity index (χ0n) is 11.7. The Labute approximate surface area is 121 Å². The van der Waals surface area contributed by atoms with E-state index in [0.717, 1.165) is 38.8 Å². The van der Waals surface area contributed by atoms with Crippen LogP contribution in [0.3, 0.4) is 0 Å². The fraction of sp³-hybridized carbons (Fsp3) is 0.0556. The molecule has 102 valence electrons. The molecule has 0 aliphatic carbocycles. The van der Waals surface area contributed by atoms with Crippen LogP contribution in [0.25, 0.3) is 38.9 Å². The minimum Gasteiger partial charge on any atom is -0.497 e. The summed E-state index contributed by atoms with van der Waals surface area (Å²) in [5.41, 5.74) is 4.00. The van der Waals surface area contributed by atoms with Crippen LogP contribution >= 0.6 is 0 Å². The molecule has 2 heterocycles. The van der Waals surface area contributed by atoms with E-state index in [0.29, 0.717) is 0 Å². The maximum atomic E-state index is 5.33. The SMILES string of the molecule is C=Cc1c2cc(OC)ccc2nc2[nH]c3ccccc3c12. The molecule has 4 rings (SSSR count). The maximum Gasteiger partial charge on any atom is 0.139 e. The lowest BCUT2D eigenvalue weighted by atomic mass is 10.0. The van der Waals surface area contributed by atoms with Gasteiger partial charge in [0, 0.05) is 21.7 Å². The summed E-state index contributed by atoms with van der Waals surface area (Å²) in [7, 11) is 1.67.